The summed E-state index contributed by atoms with van der Waals surface area (Å²) < 4.78 is 10.1. The van der Waals surface area contributed by atoms with Crippen LogP contribution in [0.15, 0.2) is 0 Å². The molecule has 100 valence electrons. The van der Waals surface area contributed by atoms with Gasteiger partial charge in [-0.1, -0.05) is 13.8 Å². The highest BCUT2D eigenvalue weighted by molar-refractivity contribution is 7.99. The van der Waals surface area contributed by atoms with E-state index in [0.717, 1.165) is 31.8 Å². The number of carbonyl (C=O) groups excluding carboxylic acids is 1. The highest BCUT2D eigenvalue weighted by Crippen LogP contribution is 2.22. The summed E-state index contributed by atoms with van der Waals surface area (Å²) in [5.74, 6) is 0.605. The predicted molar refractivity (Wildman–Crippen MR) is 70.4 cm³/mol. The second-order valence-electron chi connectivity index (χ2n) is 4.54. The molecule has 0 aromatic heterocycles. The Morgan fingerprint density at radius 2 is 2.12 bits per heavy atom. The van der Waals surface area contributed by atoms with Gasteiger partial charge in [-0.25, -0.2) is 0 Å². The van der Waals surface area contributed by atoms with E-state index in [4.69, 9.17) is 9.47 Å². The van der Waals surface area contributed by atoms with Gasteiger partial charge in [-0.15, -0.1) is 0 Å². The van der Waals surface area contributed by atoms with Gasteiger partial charge in [-0.3, -0.25) is 4.79 Å². The van der Waals surface area contributed by atoms with Crippen LogP contribution >= 0.6 is 11.8 Å². The average molecular weight is 261 g/mol. The fourth-order valence-electron chi connectivity index (χ4n) is 1.80. The number of rotatable bonds is 6. The van der Waals surface area contributed by atoms with Gasteiger partial charge in [0.1, 0.15) is 6.04 Å². The summed E-state index contributed by atoms with van der Waals surface area (Å²) in [6.45, 7) is 5.76. The van der Waals surface area contributed by atoms with E-state index >= 15 is 0 Å². The molecule has 1 saturated heterocycles. The van der Waals surface area contributed by atoms with E-state index in [1.807, 2.05) is 25.6 Å². The van der Waals surface area contributed by atoms with Crippen molar-refractivity contribution in [3.05, 3.63) is 0 Å². The van der Waals surface area contributed by atoms with Crippen LogP contribution in [0.2, 0.25) is 0 Å². The first kappa shape index (κ1) is 14.8. The summed E-state index contributed by atoms with van der Waals surface area (Å²) in [5.41, 5.74) is 0. The van der Waals surface area contributed by atoms with Crippen molar-refractivity contribution in [2.75, 3.05) is 26.1 Å². The fourth-order valence-corrected chi connectivity index (χ4v) is 3.03. The van der Waals surface area contributed by atoms with Crippen LogP contribution in [0.1, 0.15) is 26.7 Å². The van der Waals surface area contributed by atoms with Crippen LogP contribution in [-0.2, 0) is 14.3 Å². The zero-order chi connectivity index (χ0) is 12.7. The van der Waals surface area contributed by atoms with Crippen molar-refractivity contribution in [1.82, 2.24) is 5.32 Å². The molecule has 0 aromatic carbocycles. The van der Waals surface area contributed by atoms with E-state index in [2.05, 4.69) is 5.32 Å². The predicted octanol–water partition coefficient (Wildman–Crippen LogP) is 1.44. The zero-order valence-corrected chi connectivity index (χ0v) is 11.7. The minimum atomic E-state index is -0.201. The van der Waals surface area contributed by atoms with Crippen LogP contribution in [-0.4, -0.2) is 49.4 Å². The molecule has 0 saturated carbocycles. The van der Waals surface area contributed by atoms with Gasteiger partial charge >= 0.3 is 5.97 Å². The highest BCUT2D eigenvalue weighted by atomic mass is 32.2. The molecule has 1 fully saturated rings. The lowest BCUT2D eigenvalue weighted by Crippen LogP contribution is -2.43. The maximum absolute atomic E-state index is 11.6. The van der Waals surface area contributed by atoms with Gasteiger partial charge < -0.3 is 14.8 Å². The molecule has 1 aliphatic heterocycles. The summed E-state index contributed by atoms with van der Waals surface area (Å²) in [6, 6.07) is 0.0854. The second-order valence-corrected chi connectivity index (χ2v) is 5.88. The van der Waals surface area contributed by atoms with Crippen molar-refractivity contribution in [2.24, 2.45) is 0 Å². The number of hydrogen-bond donors (Lipinski definition) is 1. The van der Waals surface area contributed by atoms with Crippen LogP contribution < -0.4 is 5.32 Å². The summed E-state index contributed by atoms with van der Waals surface area (Å²) in [4.78, 5) is 11.6. The van der Waals surface area contributed by atoms with E-state index in [-0.39, 0.29) is 18.1 Å². The third-order valence-corrected chi connectivity index (χ3v) is 4.16. The number of nitrogens with one attached hydrogen (secondary N) is 1. The number of methoxy groups -OCH3 is 1. The lowest BCUT2D eigenvalue weighted by atomic mass is 10.2. The van der Waals surface area contributed by atoms with Crippen LogP contribution in [0.25, 0.3) is 0 Å². The Kier molecular flexibility index (Phi) is 6.92. The van der Waals surface area contributed by atoms with Crippen molar-refractivity contribution in [3.63, 3.8) is 0 Å². The lowest BCUT2D eigenvalue weighted by Gasteiger charge is -2.24. The first-order valence-electron chi connectivity index (χ1n) is 6.16. The quantitative estimate of drug-likeness (QED) is 0.733. The average Bonchev–Trinajstić information content (AvgIpc) is 2.34. The number of esters is 1. The van der Waals surface area contributed by atoms with Gasteiger partial charge in [0, 0.05) is 30.3 Å². The zero-order valence-electron chi connectivity index (χ0n) is 10.9. The van der Waals surface area contributed by atoms with E-state index in [0.29, 0.717) is 5.25 Å². The third-order valence-electron chi connectivity index (χ3n) is 2.69. The Bertz CT molecular complexity index is 230. The molecule has 1 rings (SSSR count). The van der Waals surface area contributed by atoms with Crippen LogP contribution in [0.3, 0.4) is 0 Å². The number of thioether (sulfide) groups is 1. The maximum atomic E-state index is 11.6. The normalized spacial score (nSPS) is 19.3. The Labute approximate surface area is 108 Å². The largest absolute Gasteiger partial charge is 0.468 e. The van der Waals surface area contributed by atoms with Crippen molar-refractivity contribution < 1.29 is 14.3 Å². The maximum Gasteiger partial charge on any atom is 0.323 e. The second kappa shape index (κ2) is 7.95. The molecule has 0 aromatic rings. The molecule has 1 heterocycles. The fraction of sp³-hybridized carbons (Fsp3) is 0.917. The molecule has 0 spiro atoms. The van der Waals surface area contributed by atoms with Gasteiger partial charge in [-0.05, 0) is 12.8 Å². The molecule has 1 unspecified atom stereocenters. The SMILES string of the molecule is COC(=O)C(CSC1CCOCC1)NC(C)C. The monoisotopic (exact) mass is 261 g/mol. The molecule has 0 amide bonds. The number of ether oxygens (including phenoxy) is 2. The third kappa shape index (κ3) is 5.75. The van der Waals surface area contributed by atoms with E-state index in [9.17, 15) is 4.79 Å². The Morgan fingerprint density at radius 1 is 1.47 bits per heavy atom. The standard InChI is InChI=1S/C12H23NO3S/c1-9(2)13-11(12(14)15-3)8-17-10-4-6-16-7-5-10/h9-11,13H,4-8H2,1-3H3. The summed E-state index contributed by atoms with van der Waals surface area (Å²) >= 11 is 1.85. The molecule has 0 radical (unpaired) electrons. The minimum absolute atomic E-state index is 0.168. The smallest absolute Gasteiger partial charge is 0.323 e. The van der Waals surface area contributed by atoms with Crippen LogP contribution in [0, 0.1) is 0 Å². The van der Waals surface area contributed by atoms with E-state index in [1.54, 1.807) is 0 Å². The summed E-state index contributed by atoms with van der Waals surface area (Å²) in [7, 11) is 1.44. The molecular formula is C12H23NO3S. The molecule has 1 aliphatic rings. The Balaban J connectivity index is 2.34. The first-order chi connectivity index (χ1) is 8.13. The Morgan fingerprint density at radius 3 is 2.65 bits per heavy atom. The van der Waals surface area contributed by atoms with Crippen molar-refractivity contribution in [1.29, 1.82) is 0 Å². The van der Waals surface area contributed by atoms with E-state index < -0.39 is 0 Å². The molecule has 1 atom stereocenters. The lowest BCUT2D eigenvalue weighted by molar-refractivity contribution is -0.142. The van der Waals surface area contributed by atoms with Gasteiger partial charge in [-0.2, -0.15) is 11.8 Å². The first-order valence-corrected chi connectivity index (χ1v) is 7.21. The van der Waals surface area contributed by atoms with Gasteiger partial charge in [0.2, 0.25) is 0 Å². The minimum Gasteiger partial charge on any atom is -0.468 e. The number of carbonyl (C=O) groups is 1. The van der Waals surface area contributed by atoms with Gasteiger partial charge in [0.25, 0.3) is 0 Å². The summed E-state index contributed by atoms with van der Waals surface area (Å²) in [6.07, 6.45) is 2.17. The molecule has 0 aliphatic carbocycles. The molecule has 0 bridgehead atoms. The highest BCUT2D eigenvalue weighted by Gasteiger charge is 2.22. The van der Waals surface area contributed by atoms with Crippen molar-refractivity contribution in [3.8, 4) is 0 Å². The van der Waals surface area contributed by atoms with Gasteiger partial charge in [0.05, 0.1) is 7.11 Å². The molecule has 5 heteroatoms. The molecule has 4 nitrogen and oxygen atoms in total. The topological polar surface area (TPSA) is 47.6 Å². The molecular weight excluding hydrogens is 238 g/mol. The van der Waals surface area contributed by atoms with E-state index in [1.165, 1.54) is 7.11 Å². The molecule has 17 heavy (non-hydrogen) atoms. The van der Waals surface area contributed by atoms with Gasteiger partial charge in [0.15, 0.2) is 0 Å². The van der Waals surface area contributed by atoms with Crippen molar-refractivity contribution in [2.45, 2.75) is 44.0 Å². The molecule has 1 N–H and O–H groups in total. The number of hydrogen-bond acceptors (Lipinski definition) is 5. The summed E-state index contributed by atoms with van der Waals surface area (Å²) in [5, 5.41) is 3.86. The Hall–Kier alpha value is -0.260. The van der Waals surface area contributed by atoms with Crippen LogP contribution in [0.5, 0.6) is 0 Å². The van der Waals surface area contributed by atoms with Crippen LogP contribution in [0.4, 0.5) is 0 Å². The van der Waals surface area contributed by atoms with Crippen molar-refractivity contribution >= 4 is 17.7 Å².